The van der Waals surface area contributed by atoms with Crippen LogP contribution in [0, 0.1) is 5.92 Å². The van der Waals surface area contributed by atoms with Gasteiger partial charge in [-0.15, -0.1) is 11.8 Å². The van der Waals surface area contributed by atoms with Gasteiger partial charge in [-0.05, 0) is 5.92 Å². The summed E-state index contributed by atoms with van der Waals surface area (Å²) in [5.74, 6) is 2.86. The van der Waals surface area contributed by atoms with Crippen LogP contribution in [0.1, 0.15) is 25.6 Å². The van der Waals surface area contributed by atoms with Crippen molar-refractivity contribution in [2.45, 2.75) is 32.1 Å². The maximum Gasteiger partial charge on any atom is 0.236 e. The fraction of sp³-hybridized carbons (Fsp3) is 0.800. The van der Waals surface area contributed by atoms with Gasteiger partial charge in [0.05, 0.1) is 18.5 Å². The topological polar surface area (TPSA) is 79.4 Å². The molecule has 0 aliphatic rings. The monoisotopic (exact) mass is 246 g/mol. The first-order valence-electron chi connectivity index (χ1n) is 5.30. The Kier molecular flexibility index (Phi) is 5.79. The average molecular weight is 246 g/mol. The van der Waals surface area contributed by atoms with E-state index in [0.717, 1.165) is 12.2 Å². The summed E-state index contributed by atoms with van der Waals surface area (Å²) >= 11 is 1.46. The zero-order chi connectivity index (χ0) is 12.0. The highest BCUT2D eigenvalue weighted by Crippen LogP contribution is 2.12. The van der Waals surface area contributed by atoms with Crippen LogP contribution in [0.3, 0.4) is 0 Å². The molecule has 1 aromatic heterocycles. The number of aliphatic hydroxyl groups excluding tert-OH is 2. The van der Waals surface area contributed by atoms with Gasteiger partial charge < -0.3 is 14.7 Å². The zero-order valence-corrected chi connectivity index (χ0v) is 10.4. The van der Waals surface area contributed by atoms with Crippen molar-refractivity contribution in [2.24, 2.45) is 5.92 Å². The van der Waals surface area contributed by atoms with E-state index in [-0.39, 0.29) is 6.61 Å². The van der Waals surface area contributed by atoms with Crippen molar-refractivity contribution in [3.63, 3.8) is 0 Å². The van der Waals surface area contributed by atoms with Crippen LogP contribution < -0.4 is 0 Å². The smallest absolute Gasteiger partial charge is 0.236 e. The molecule has 92 valence electrons. The molecule has 0 fully saturated rings. The van der Waals surface area contributed by atoms with Gasteiger partial charge in [0, 0.05) is 12.2 Å². The van der Waals surface area contributed by atoms with Crippen LogP contribution in [0.2, 0.25) is 0 Å². The van der Waals surface area contributed by atoms with E-state index in [9.17, 15) is 0 Å². The van der Waals surface area contributed by atoms with Crippen LogP contribution in [-0.2, 0) is 12.2 Å². The molecule has 1 rings (SSSR count). The summed E-state index contributed by atoms with van der Waals surface area (Å²) in [6.07, 6.45) is 0.135. The van der Waals surface area contributed by atoms with Crippen molar-refractivity contribution in [3.8, 4) is 0 Å². The van der Waals surface area contributed by atoms with Crippen molar-refractivity contribution in [3.05, 3.63) is 11.7 Å². The van der Waals surface area contributed by atoms with Crippen LogP contribution in [0.5, 0.6) is 0 Å². The molecule has 5 nitrogen and oxygen atoms in total. The SMILES string of the molecule is CC(C)Cc1noc(CSCC(O)CO)n1. The third kappa shape index (κ3) is 4.96. The minimum Gasteiger partial charge on any atom is -0.394 e. The van der Waals surface area contributed by atoms with Gasteiger partial charge >= 0.3 is 0 Å². The lowest BCUT2D eigenvalue weighted by molar-refractivity contribution is 0.113. The number of hydrogen-bond donors (Lipinski definition) is 2. The molecule has 0 bridgehead atoms. The lowest BCUT2D eigenvalue weighted by Crippen LogP contribution is -2.14. The van der Waals surface area contributed by atoms with Gasteiger partial charge in [0.15, 0.2) is 5.82 Å². The second kappa shape index (κ2) is 6.88. The van der Waals surface area contributed by atoms with Gasteiger partial charge in [-0.25, -0.2) is 0 Å². The van der Waals surface area contributed by atoms with Gasteiger partial charge in [-0.1, -0.05) is 19.0 Å². The summed E-state index contributed by atoms with van der Waals surface area (Å²) in [7, 11) is 0. The molecule has 1 atom stereocenters. The molecule has 0 saturated carbocycles. The Labute approximate surface area is 99.2 Å². The third-order valence-electron chi connectivity index (χ3n) is 1.85. The largest absolute Gasteiger partial charge is 0.394 e. The summed E-state index contributed by atoms with van der Waals surface area (Å²) in [6.45, 7) is 3.99. The lowest BCUT2D eigenvalue weighted by atomic mass is 10.1. The highest BCUT2D eigenvalue weighted by molar-refractivity contribution is 7.98. The molecule has 0 saturated heterocycles. The normalized spacial score (nSPS) is 13.3. The Bertz CT molecular complexity index is 304. The molecule has 0 aromatic carbocycles. The molecule has 6 heteroatoms. The second-order valence-electron chi connectivity index (χ2n) is 4.05. The highest BCUT2D eigenvalue weighted by Gasteiger charge is 2.09. The summed E-state index contributed by atoms with van der Waals surface area (Å²) in [4.78, 5) is 4.23. The molecule has 0 aliphatic heterocycles. The molecular formula is C10H18N2O3S. The van der Waals surface area contributed by atoms with Crippen molar-refractivity contribution in [1.82, 2.24) is 10.1 Å². The molecule has 1 aromatic rings. The van der Waals surface area contributed by atoms with E-state index >= 15 is 0 Å². The fourth-order valence-electron chi connectivity index (χ4n) is 1.13. The number of rotatable bonds is 7. The molecule has 0 amide bonds. The Balaban J connectivity index is 2.29. The standard InChI is InChI=1S/C10H18N2O3S/c1-7(2)3-9-11-10(15-12-9)6-16-5-8(14)4-13/h7-8,13-14H,3-6H2,1-2H3. The van der Waals surface area contributed by atoms with Crippen molar-refractivity contribution in [2.75, 3.05) is 12.4 Å². The van der Waals surface area contributed by atoms with Gasteiger partial charge in [0.25, 0.3) is 0 Å². The summed E-state index contributed by atoms with van der Waals surface area (Å²) in [5.41, 5.74) is 0. The van der Waals surface area contributed by atoms with E-state index in [1.54, 1.807) is 0 Å². The minimum absolute atomic E-state index is 0.213. The second-order valence-corrected chi connectivity index (χ2v) is 5.08. The fourth-order valence-corrected chi connectivity index (χ4v) is 1.92. The summed E-state index contributed by atoms with van der Waals surface area (Å²) in [6, 6.07) is 0. The van der Waals surface area contributed by atoms with Gasteiger partial charge in [0.2, 0.25) is 5.89 Å². The van der Waals surface area contributed by atoms with Crippen molar-refractivity contribution >= 4 is 11.8 Å². The Hall–Kier alpha value is -0.590. The minimum atomic E-state index is -0.678. The van der Waals surface area contributed by atoms with E-state index in [1.807, 2.05) is 0 Å². The Morgan fingerprint density at radius 2 is 2.19 bits per heavy atom. The number of thioether (sulfide) groups is 1. The molecule has 1 unspecified atom stereocenters. The Morgan fingerprint density at radius 3 is 2.81 bits per heavy atom. The van der Waals surface area contributed by atoms with Crippen LogP contribution in [0.4, 0.5) is 0 Å². The van der Waals surface area contributed by atoms with E-state index in [4.69, 9.17) is 14.7 Å². The molecule has 0 aliphatic carbocycles. The van der Waals surface area contributed by atoms with E-state index in [0.29, 0.717) is 23.3 Å². The quantitative estimate of drug-likeness (QED) is 0.742. The highest BCUT2D eigenvalue weighted by atomic mass is 32.2. The average Bonchev–Trinajstić information content (AvgIpc) is 2.64. The van der Waals surface area contributed by atoms with E-state index in [2.05, 4.69) is 24.0 Å². The van der Waals surface area contributed by atoms with Crippen LogP contribution in [0.25, 0.3) is 0 Å². The number of nitrogens with zero attached hydrogens (tertiary/aromatic N) is 2. The van der Waals surface area contributed by atoms with E-state index in [1.165, 1.54) is 11.8 Å². The summed E-state index contributed by atoms with van der Waals surface area (Å²) in [5, 5.41) is 21.6. The first kappa shape index (κ1) is 13.5. The zero-order valence-electron chi connectivity index (χ0n) is 9.59. The number of hydrogen-bond acceptors (Lipinski definition) is 6. The predicted octanol–water partition coefficient (Wildman–Crippen LogP) is 0.854. The molecular weight excluding hydrogens is 228 g/mol. The molecule has 2 N–H and O–H groups in total. The molecule has 0 radical (unpaired) electrons. The maximum atomic E-state index is 9.12. The predicted molar refractivity (Wildman–Crippen MR) is 62.1 cm³/mol. The van der Waals surface area contributed by atoms with Gasteiger partial charge in [-0.2, -0.15) is 4.98 Å². The molecule has 16 heavy (non-hydrogen) atoms. The van der Waals surface area contributed by atoms with Crippen LogP contribution in [0.15, 0.2) is 4.52 Å². The third-order valence-corrected chi connectivity index (χ3v) is 2.92. The first-order chi connectivity index (χ1) is 7.61. The lowest BCUT2D eigenvalue weighted by Gasteiger charge is -2.03. The summed E-state index contributed by atoms with van der Waals surface area (Å²) < 4.78 is 5.05. The van der Waals surface area contributed by atoms with Crippen LogP contribution >= 0.6 is 11.8 Å². The number of aliphatic hydroxyl groups is 2. The molecule has 0 spiro atoms. The van der Waals surface area contributed by atoms with E-state index < -0.39 is 6.10 Å². The van der Waals surface area contributed by atoms with Crippen LogP contribution in [-0.4, -0.2) is 38.8 Å². The van der Waals surface area contributed by atoms with Gasteiger partial charge in [-0.3, -0.25) is 0 Å². The first-order valence-corrected chi connectivity index (χ1v) is 6.45. The Morgan fingerprint density at radius 1 is 1.44 bits per heavy atom. The molecule has 1 heterocycles. The van der Waals surface area contributed by atoms with Crippen molar-refractivity contribution < 1.29 is 14.7 Å². The van der Waals surface area contributed by atoms with Crippen molar-refractivity contribution in [1.29, 1.82) is 0 Å². The number of aromatic nitrogens is 2. The van der Waals surface area contributed by atoms with Gasteiger partial charge in [0.1, 0.15) is 0 Å². The maximum absolute atomic E-state index is 9.12.